The van der Waals surface area contributed by atoms with Crippen molar-refractivity contribution in [2.75, 3.05) is 32.7 Å². The number of carbonyl (C=O) groups is 2. The molecule has 5 rings (SSSR count). The van der Waals surface area contributed by atoms with E-state index in [9.17, 15) is 9.59 Å². The highest BCUT2D eigenvalue weighted by Crippen LogP contribution is 2.61. The highest BCUT2D eigenvalue weighted by Gasteiger charge is 2.51. The normalized spacial score (nSPS) is 35.1. The maximum absolute atomic E-state index is 12.5. The summed E-state index contributed by atoms with van der Waals surface area (Å²) in [6, 6.07) is 0. The number of hydrogen-bond donors (Lipinski definition) is 2. The summed E-state index contributed by atoms with van der Waals surface area (Å²) in [6.45, 7) is 6.60. The van der Waals surface area contributed by atoms with E-state index in [0.717, 1.165) is 36.6 Å². The Kier molecular flexibility index (Phi) is 6.29. The molecule has 2 amide bonds. The monoisotopic (exact) mass is 389 g/mol. The fourth-order valence-electron chi connectivity index (χ4n) is 6.97. The van der Waals surface area contributed by atoms with E-state index < -0.39 is 0 Å². The number of nitrogens with one attached hydrogen (secondary N) is 2. The van der Waals surface area contributed by atoms with Crippen LogP contribution >= 0.6 is 0 Å². The van der Waals surface area contributed by atoms with Gasteiger partial charge in [-0.15, -0.1) is 0 Å². The fourth-order valence-corrected chi connectivity index (χ4v) is 6.97. The van der Waals surface area contributed by atoms with Gasteiger partial charge in [-0.05, 0) is 107 Å². The first-order chi connectivity index (χ1) is 13.5. The summed E-state index contributed by atoms with van der Waals surface area (Å²) in [6.07, 6.45) is 12.2. The van der Waals surface area contributed by atoms with Crippen molar-refractivity contribution >= 4 is 11.8 Å². The second-order valence-electron chi connectivity index (χ2n) is 10.6. The molecule has 0 spiro atoms. The van der Waals surface area contributed by atoms with E-state index >= 15 is 0 Å². The number of rotatable bonds is 8. The number of nitrogens with zero attached hydrogens (tertiary/aromatic N) is 1. The Bertz CT molecular complexity index is 533. The molecular weight excluding hydrogens is 350 g/mol. The molecule has 4 bridgehead atoms. The number of amides is 2. The smallest absolute Gasteiger partial charge is 0.239 e. The molecule has 1 aliphatic heterocycles. The number of piperidine rings is 1. The molecule has 28 heavy (non-hydrogen) atoms. The number of hydrogen-bond acceptors (Lipinski definition) is 3. The summed E-state index contributed by atoms with van der Waals surface area (Å²) in [5, 5.41) is 5.86. The lowest BCUT2D eigenvalue weighted by molar-refractivity contribution is -0.131. The fraction of sp³-hybridized carbons (Fsp3) is 0.913. The van der Waals surface area contributed by atoms with Crippen LogP contribution in [0.5, 0.6) is 0 Å². The largest absolute Gasteiger partial charge is 0.355 e. The van der Waals surface area contributed by atoms with Gasteiger partial charge in [0.15, 0.2) is 0 Å². The molecule has 5 heteroatoms. The van der Waals surface area contributed by atoms with Crippen LogP contribution in [-0.2, 0) is 9.59 Å². The molecule has 5 nitrogen and oxygen atoms in total. The van der Waals surface area contributed by atoms with Crippen molar-refractivity contribution in [3.63, 3.8) is 0 Å². The van der Waals surface area contributed by atoms with Gasteiger partial charge < -0.3 is 15.5 Å². The van der Waals surface area contributed by atoms with Crippen molar-refractivity contribution in [2.45, 2.75) is 71.1 Å². The molecule has 158 valence electrons. The minimum atomic E-state index is -0.0499. The Morgan fingerprint density at radius 2 is 1.54 bits per heavy atom. The summed E-state index contributed by atoms with van der Waals surface area (Å²) in [5.41, 5.74) is 0.251. The van der Waals surface area contributed by atoms with Crippen molar-refractivity contribution in [2.24, 2.45) is 29.1 Å². The Balaban J connectivity index is 1.09. The first kappa shape index (κ1) is 20.2. The summed E-state index contributed by atoms with van der Waals surface area (Å²) < 4.78 is 0. The zero-order chi connectivity index (χ0) is 19.6. The van der Waals surface area contributed by atoms with Gasteiger partial charge in [0.05, 0.1) is 6.54 Å². The molecule has 0 radical (unpaired) electrons. The lowest BCUT2D eigenvalue weighted by atomic mass is 9.49. The highest BCUT2D eigenvalue weighted by molar-refractivity contribution is 5.84. The summed E-state index contributed by atoms with van der Waals surface area (Å²) >= 11 is 0. The van der Waals surface area contributed by atoms with Crippen LogP contribution in [0, 0.1) is 29.1 Å². The Morgan fingerprint density at radius 3 is 2.14 bits per heavy atom. The molecule has 1 heterocycles. The quantitative estimate of drug-likeness (QED) is 0.628. The summed E-state index contributed by atoms with van der Waals surface area (Å²) in [7, 11) is 0. The van der Waals surface area contributed by atoms with Gasteiger partial charge in [-0.3, -0.25) is 9.59 Å². The summed E-state index contributed by atoms with van der Waals surface area (Å²) in [4.78, 5) is 27.1. The predicted octanol–water partition coefficient (Wildman–Crippen LogP) is 2.95. The van der Waals surface area contributed by atoms with Gasteiger partial charge in [-0.25, -0.2) is 0 Å². The van der Waals surface area contributed by atoms with Gasteiger partial charge in [0.1, 0.15) is 0 Å². The second-order valence-corrected chi connectivity index (χ2v) is 10.6. The van der Waals surface area contributed by atoms with Crippen molar-refractivity contribution in [1.29, 1.82) is 0 Å². The molecule has 5 fully saturated rings. The van der Waals surface area contributed by atoms with Crippen molar-refractivity contribution in [3.8, 4) is 0 Å². The van der Waals surface area contributed by atoms with Gasteiger partial charge in [0.2, 0.25) is 11.8 Å². The third-order valence-electron chi connectivity index (χ3n) is 8.00. The van der Waals surface area contributed by atoms with Crippen LogP contribution in [0.3, 0.4) is 0 Å². The van der Waals surface area contributed by atoms with E-state index in [0.29, 0.717) is 13.0 Å². The van der Waals surface area contributed by atoms with Crippen LogP contribution in [0.25, 0.3) is 0 Å². The van der Waals surface area contributed by atoms with Crippen molar-refractivity contribution in [1.82, 2.24) is 15.5 Å². The molecule has 0 aromatic carbocycles. The highest BCUT2D eigenvalue weighted by atomic mass is 16.2. The SMILES string of the molecule is CC1CCN(CCCNC(=O)CNC(=O)CC23CC4CC(CC(C4)C2)C3)CC1. The first-order valence-corrected chi connectivity index (χ1v) is 11.8. The van der Waals surface area contributed by atoms with Crippen LogP contribution < -0.4 is 10.6 Å². The van der Waals surface area contributed by atoms with Crippen molar-refractivity contribution < 1.29 is 9.59 Å². The van der Waals surface area contributed by atoms with Gasteiger partial charge in [0, 0.05) is 13.0 Å². The molecule has 1 saturated heterocycles. The van der Waals surface area contributed by atoms with E-state index in [2.05, 4.69) is 22.5 Å². The molecule has 5 aliphatic rings. The topological polar surface area (TPSA) is 61.4 Å². The van der Waals surface area contributed by atoms with E-state index in [1.807, 2.05) is 0 Å². The molecule has 0 unspecified atom stereocenters. The van der Waals surface area contributed by atoms with Gasteiger partial charge in [-0.2, -0.15) is 0 Å². The average molecular weight is 390 g/mol. The van der Waals surface area contributed by atoms with Crippen LogP contribution in [-0.4, -0.2) is 49.4 Å². The van der Waals surface area contributed by atoms with Gasteiger partial charge >= 0.3 is 0 Å². The predicted molar refractivity (Wildman–Crippen MR) is 111 cm³/mol. The third kappa shape index (κ3) is 5.08. The Hall–Kier alpha value is -1.10. The van der Waals surface area contributed by atoms with Crippen molar-refractivity contribution in [3.05, 3.63) is 0 Å². The minimum Gasteiger partial charge on any atom is -0.355 e. The maximum atomic E-state index is 12.5. The van der Waals surface area contributed by atoms with E-state index in [1.54, 1.807) is 0 Å². The zero-order valence-corrected chi connectivity index (χ0v) is 17.7. The van der Waals surface area contributed by atoms with Gasteiger partial charge in [-0.1, -0.05) is 6.92 Å². The molecule has 0 atom stereocenters. The standard InChI is InChI=1S/C23H39N3O2/c1-17-3-7-26(8-4-17)6-2-5-24-22(28)16-25-21(27)15-23-12-18-9-19(13-23)11-20(10-18)14-23/h17-20H,2-16H2,1H3,(H,24,28)(H,25,27). The number of likely N-dealkylation sites (tertiary alicyclic amines) is 1. The van der Waals surface area contributed by atoms with Crippen LogP contribution in [0.4, 0.5) is 0 Å². The average Bonchev–Trinajstić information content (AvgIpc) is 2.63. The van der Waals surface area contributed by atoms with Crippen LogP contribution in [0.15, 0.2) is 0 Å². The zero-order valence-electron chi connectivity index (χ0n) is 17.7. The molecule has 2 N–H and O–H groups in total. The molecule has 0 aromatic rings. The second kappa shape index (κ2) is 8.73. The van der Waals surface area contributed by atoms with E-state index in [-0.39, 0.29) is 23.8 Å². The lowest BCUT2D eigenvalue weighted by Gasteiger charge is -2.56. The number of carbonyl (C=O) groups excluding carboxylic acids is 2. The van der Waals surface area contributed by atoms with E-state index in [4.69, 9.17) is 0 Å². The van der Waals surface area contributed by atoms with Crippen LogP contribution in [0.1, 0.15) is 71.1 Å². The minimum absolute atomic E-state index is 0.0499. The Labute approximate surface area is 170 Å². The maximum Gasteiger partial charge on any atom is 0.239 e. The first-order valence-electron chi connectivity index (χ1n) is 11.8. The molecule has 0 aromatic heterocycles. The molecular formula is C23H39N3O2. The van der Waals surface area contributed by atoms with E-state index in [1.165, 1.54) is 64.5 Å². The third-order valence-corrected chi connectivity index (χ3v) is 8.00. The summed E-state index contributed by atoms with van der Waals surface area (Å²) in [5.74, 6) is 3.49. The Morgan fingerprint density at radius 1 is 0.929 bits per heavy atom. The molecule has 4 saturated carbocycles. The van der Waals surface area contributed by atoms with Crippen LogP contribution in [0.2, 0.25) is 0 Å². The van der Waals surface area contributed by atoms with Gasteiger partial charge in [0.25, 0.3) is 0 Å². The molecule has 4 aliphatic carbocycles. The lowest BCUT2D eigenvalue weighted by Crippen LogP contribution is -2.48.